The first kappa shape index (κ1) is 10.5. The molecule has 0 aliphatic carbocycles. The summed E-state index contributed by atoms with van der Waals surface area (Å²) >= 11 is 0. The Bertz CT molecular complexity index is 163. The van der Waals surface area contributed by atoms with Crippen molar-refractivity contribution in [1.29, 1.82) is 0 Å². The summed E-state index contributed by atoms with van der Waals surface area (Å²) in [5, 5.41) is 7.88. The molecule has 0 amide bonds. The normalized spacial score (nSPS) is 9.25. The molecule has 12 heavy (non-hydrogen) atoms. The second-order valence-corrected chi connectivity index (χ2v) is 2.39. The Morgan fingerprint density at radius 3 is 2.33 bits per heavy atom. The van der Waals surface area contributed by atoms with Crippen LogP contribution in [0.1, 0.15) is 13.8 Å². The largest absolute Gasteiger partial charge is 0.550 e. The Kier molecular flexibility index (Phi) is 4.59. The molecular formula is C6H10O6. The third-order valence-corrected chi connectivity index (χ3v) is 0.716. The van der Waals surface area contributed by atoms with Crippen molar-refractivity contribution in [2.24, 2.45) is 5.92 Å². The predicted octanol–water partition coefficient (Wildman–Crippen LogP) is 1.41. The van der Waals surface area contributed by atoms with Gasteiger partial charge in [0.2, 0.25) is 0 Å². The fourth-order valence-corrected chi connectivity index (χ4v) is 0.328. The number of ether oxygens (including phenoxy) is 1. The van der Waals surface area contributed by atoms with Gasteiger partial charge in [0, 0.05) is 0 Å². The first-order chi connectivity index (χ1) is 5.52. The standard InChI is InChI=1S/C6H10O6/c1-4(2)3-10-6(9)12-11-5(7)8/h4H,3H2,1-2H3,(H,7,8). The Hall–Kier alpha value is -1.46. The minimum Gasteiger partial charge on any atom is -0.447 e. The quantitative estimate of drug-likeness (QED) is 0.391. The Balaban J connectivity index is 3.40. The molecule has 0 aliphatic heterocycles. The van der Waals surface area contributed by atoms with Gasteiger partial charge in [-0.05, 0) is 5.92 Å². The van der Waals surface area contributed by atoms with Gasteiger partial charge in [-0.25, -0.2) is 9.68 Å². The van der Waals surface area contributed by atoms with Crippen LogP contribution in [-0.4, -0.2) is 24.0 Å². The topological polar surface area (TPSA) is 82.1 Å². The highest BCUT2D eigenvalue weighted by Crippen LogP contribution is 1.95. The van der Waals surface area contributed by atoms with E-state index in [1.54, 1.807) is 0 Å². The molecule has 70 valence electrons. The van der Waals surface area contributed by atoms with Crippen molar-refractivity contribution in [3.63, 3.8) is 0 Å². The second kappa shape index (κ2) is 5.22. The number of hydrogen-bond acceptors (Lipinski definition) is 5. The minimum absolute atomic E-state index is 0.155. The lowest BCUT2D eigenvalue weighted by molar-refractivity contribution is -0.213. The van der Waals surface area contributed by atoms with E-state index < -0.39 is 12.3 Å². The maximum absolute atomic E-state index is 10.4. The van der Waals surface area contributed by atoms with Gasteiger partial charge in [-0.2, -0.15) is 9.68 Å². The third kappa shape index (κ3) is 6.66. The van der Waals surface area contributed by atoms with Gasteiger partial charge in [0.15, 0.2) is 0 Å². The first-order valence-corrected chi connectivity index (χ1v) is 3.26. The zero-order chi connectivity index (χ0) is 9.56. The molecule has 1 N–H and O–H groups in total. The van der Waals surface area contributed by atoms with Crippen LogP contribution in [0, 0.1) is 5.92 Å². The van der Waals surface area contributed by atoms with Gasteiger partial charge >= 0.3 is 12.3 Å². The van der Waals surface area contributed by atoms with E-state index >= 15 is 0 Å². The lowest BCUT2D eigenvalue weighted by Gasteiger charge is -2.04. The number of hydrogen-bond donors (Lipinski definition) is 1. The molecule has 0 saturated heterocycles. The lowest BCUT2D eigenvalue weighted by atomic mass is 10.2. The van der Waals surface area contributed by atoms with Gasteiger partial charge in [0.1, 0.15) is 0 Å². The fourth-order valence-electron chi connectivity index (χ4n) is 0.328. The van der Waals surface area contributed by atoms with Gasteiger partial charge in [0.05, 0.1) is 6.61 Å². The van der Waals surface area contributed by atoms with E-state index in [0.29, 0.717) is 0 Å². The van der Waals surface area contributed by atoms with E-state index in [0.717, 1.165) is 0 Å². The molecule has 0 heterocycles. The van der Waals surface area contributed by atoms with E-state index in [4.69, 9.17) is 5.11 Å². The molecule has 6 heteroatoms. The average molecular weight is 178 g/mol. The smallest absolute Gasteiger partial charge is 0.447 e. The van der Waals surface area contributed by atoms with Crippen molar-refractivity contribution in [1.82, 2.24) is 0 Å². The molecular weight excluding hydrogens is 168 g/mol. The Labute approximate surface area is 69.0 Å². The SMILES string of the molecule is CC(C)COC(=O)OOC(=O)O. The van der Waals surface area contributed by atoms with E-state index in [-0.39, 0.29) is 12.5 Å². The van der Waals surface area contributed by atoms with Crippen molar-refractivity contribution >= 4 is 12.3 Å². The highest BCUT2D eigenvalue weighted by atomic mass is 17.3. The summed E-state index contributed by atoms with van der Waals surface area (Å²) in [5.74, 6) is 0.155. The highest BCUT2D eigenvalue weighted by molar-refractivity contribution is 5.62. The van der Waals surface area contributed by atoms with Crippen molar-refractivity contribution in [3.05, 3.63) is 0 Å². The lowest BCUT2D eigenvalue weighted by Crippen LogP contribution is -2.13. The van der Waals surface area contributed by atoms with Crippen molar-refractivity contribution in [3.8, 4) is 0 Å². The van der Waals surface area contributed by atoms with Crippen LogP contribution in [0.4, 0.5) is 9.59 Å². The molecule has 0 aliphatic rings. The second-order valence-electron chi connectivity index (χ2n) is 2.39. The molecule has 0 spiro atoms. The van der Waals surface area contributed by atoms with Crippen LogP contribution in [0.5, 0.6) is 0 Å². The van der Waals surface area contributed by atoms with E-state index in [1.807, 2.05) is 13.8 Å². The number of carbonyl (C=O) groups is 2. The van der Waals surface area contributed by atoms with Crippen molar-refractivity contribution in [2.75, 3.05) is 6.61 Å². The molecule has 6 nitrogen and oxygen atoms in total. The summed E-state index contributed by atoms with van der Waals surface area (Å²) in [6.45, 7) is 3.80. The molecule has 0 rings (SSSR count). The average Bonchev–Trinajstić information content (AvgIpc) is 1.96. The summed E-state index contributed by atoms with van der Waals surface area (Å²) in [6.07, 6.45) is -2.86. The number of carboxylic acid groups (broad SMARTS) is 1. The van der Waals surface area contributed by atoms with E-state index in [9.17, 15) is 9.59 Å². The molecule has 0 aromatic heterocycles. The maximum atomic E-state index is 10.4. The van der Waals surface area contributed by atoms with Crippen LogP contribution in [0.25, 0.3) is 0 Å². The minimum atomic E-state index is -1.70. The number of carbonyl (C=O) groups excluding carboxylic acids is 1. The molecule has 0 aromatic carbocycles. The van der Waals surface area contributed by atoms with E-state index in [1.165, 1.54) is 0 Å². The molecule has 0 radical (unpaired) electrons. The predicted molar refractivity (Wildman–Crippen MR) is 36.4 cm³/mol. The molecule has 0 unspecified atom stereocenters. The van der Waals surface area contributed by atoms with Crippen LogP contribution in [0.15, 0.2) is 0 Å². The molecule has 0 fully saturated rings. The zero-order valence-corrected chi connectivity index (χ0v) is 6.77. The summed E-state index contributed by atoms with van der Waals surface area (Å²) < 4.78 is 4.40. The highest BCUT2D eigenvalue weighted by Gasteiger charge is 2.09. The van der Waals surface area contributed by atoms with Crippen LogP contribution >= 0.6 is 0 Å². The summed E-state index contributed by atoms with van der Waals surface area (Å²) in [4.78, 5) is 27.3. The molecule has 0 atom stereocenters. The van der Waals surface area contributed by atoms with Crippen molar-refractivity contribution in [2.45, 2.75) is 13.8 Å². The molecule has 0 saturated carbocycles. The first-order valence-electron chi connectivity index (χ1n) is 3.26. The van der Waals surface area contributed by atoms with Gasteiger partial charge in [-0.1, -0.05) is 13.8 Å². The van der Waals surface area contributed by atoms with Crippen LogP contribution in [-0.2, 0) is 14.5 Å². The van der Waals surface area contributed by atoms with Crippen LogP contribution in [0.2, 0.25) is 0 Å². The maximum Gasteiger partial charge on any atom is 0.550 e. The van der Waals surface area contributed by atoms with Gasteiger partial charge < -0.3 is 9.84 Å². The molecule has 0 bridgehead atoms. The third-order valence-electron chi connectivity index (χ3n) is 0.716. The number of rotatable bonds is 2. The monoisotopic (exact) mass is 178 g/mol. The van der Waals surface area contributed by atoms with E-state index in [2.05, 4.69) is 14.5 Å². The van der Waals surface area contributed by atoms with Crippen LogP contribution < -0.4 is 0 Å². The van der Waals surface area contributed by atoms with Gasteiger partial charge in [0.25, 0.3) is 0 Å². The summed E-state index contributed by atoms with van der Waals surface area (Å²) in [7, 11) is 0. The molecule has 0 aromatic rings. The van der Waals surface area contributed by atoms with Crippen molar-refractivity contribution < 1.29 is 29.2 Å². The Morgan fingerprint density at radius 2 is 1.92 bits per heavy atom. The summed E-state index contributed by atoms with van der Waals surface area (Å²) in [5.41, 5.74) is 0. The van der Waals surface area contributed by atoms with Gasteiger partial charge in [-0.3, -0.25) is 0 Å². The van der Waals surface area contributed by atoms with Gasteiger partial charge in [-0.15, -0.1) is 0 Å². The zero-order valence-electron chi connectivity index (χ0n) is 6.77. The summed E-state index contributed by atoms with van der Waals surface area (Å²) in [6, 6.07) is 0. The Morgan fingerprint density at radius 1 is 1.33 bits per heavy atom. The van der Waals surface area contributed by atoms with Crippen LogP contribution in [0.3, 0.4) is 0 Å². The fraction of sp³-hybridized carbons (Fsp3) is 0.667.